The molecular formula is C17H22ClNO2. The van der Waals surface area contributed by atoms with Crippen molar-refractivity contribution in [2.75, 3.05) is 20.3 Å². The standard InChI is InChI=1S/C17H22ClNO2/c1-12(13-5-3-4-6-15(13)18)19(2)16(20)14-11-17(14)7-9-21-10-8-17/h3-6,12,14H,7-11H2,1-2H3. The van der Waals surface area contributed by atoms with E-state index >= 15 is 0 Å². The van der Waals surface area contributed by atoms with Crippen molar-refractivity contribution < 1.29 is 9.53 Å². The Morgan fingerprint density at radius 3 is 2.71 bits per heavy atom. The quantitative estimate of drug-likeness (QED) is 0.852. The molecule has 0 radical (unpaired) electrons. The van der Waals surface area contributed by atoms with Crippen molar-refractivity contribution in [1.29, 1.82) is 0 Å². The summed E-state index contributed by atoms with van der Waals surface area (Å²) in [6, 6.07) is 7.76. The van der Waals surface area contributed by atoms with Crippen molar-refractivity contribution in [3.63, 3.8) is 0 Å². The third-order valence-corrected chi connectivity index (χ3v) is 5.60. The summed E-state index contributed by atoms with van der Waals surface area (Å²) in [5.41, 5.74) is 1.24. The number of carbonyl (C=O) groups is 1. The highest BCUT2D eigenvalue weighted by molar-refractivity contribution is 6.31. The molecule has 2 unspecified atom stereocenters. The van der Waals surface area contributed by atoms with Crippen molar-refractivity contribution in [3.05, 3.63) is 34.9 Å². The van der Waals surface area contributed by atoms with Crippen LogP contribution in [0.5, 0.6) is 0 Å². The summed E-state index contributed by atoms with van der Waals surface area (Å²) in [6.45, 7) is 3.64. The van der Waals surface area contributed by atoms with Gasteiger partial charge in [0, 0.05) is 31.2 Å². The Hall–Kier alpha value is -1.06. The molecule has 1 amide bonds. The van der Waals surface area contributed by atoms with Gasteiger partial charge in [-0.05, 0) is 43.2 Å². The molecule has 0 aromatic heterocycles. The molecule has 3 nitrogen and oxygen atoms in total. The minimum atomic E-state index is 0.00342. The first kappa shape index (κ1) is 14.9. The van der Waals surface area contributed by atoms with E-state index in [2.05, 4.69) is 0 Å². The average molecular weight is 308 g/mol. The second kappa shape index (κ2) is 5.62. The largest absolute Gasteiger partial charge is 0.381 e. The fraction of sp³-hybridized carbons (Fsp3) is 0.588. The van der Waals surface area contributed by atoms with Crippen molar-refractivity contribution >= 4 is 17.5 Å². The lowest BCUT2D eigenvalue weighted by atomic mass is 9.93. The van der Waals surface area contributed by atoms with E-state index in [-0.39, 0.29) is 23.3 Å². The van der Waals surface area contributed by atoms with E-state index in [4.69, 9.17) is 16.3 Å². The lowest BCUT2D eigenvalue weighted by molar-refractivity contribution is -0.134. The van der Waals surface area contributed by atoms with Crippen LogP contribution in [-0.2, 0) is 9.53 Å². The van der Waals surface area contributed by atoms with Gasteiger partial charge >= 0.3 is 0 Å². The van der Waals surface area contributed by atoms with Crippen LogP contribution < -0.4 is 0 Å². The lowest BCUT2D eigenvalue weighted by Gasteiger charge is -2.28. The number of benzene rings is 1. The number of ether oxygens (including phenoxy) is 1. The van der Waals surface area contributed by atoms with Crippen molar-refractivity contribution in [1.82, 2.24) is 4.90 Å². The summed E-state index contributed by atoms with van der Waals surface area (Å²) in [4.78, 5) is 14.6. The molecule has 2 atom stereocenters. The summed E-state index contributed by atoms with van der Waals surface area (Å²) in [7, 11) is 1.89. The van der Waals surface area contributed by atoms with Gasteiger partial charge in [-0.1, -0.05) is 29.8 Å². The Kier molecular flexibility index (Phi) is 3.98. The molecular weight excluding hydrogens is 286 g/mol. The molecule has 114 valence electrons. The van der Waals surface area contributed by atoms with Crippen LogP contribution in [0.2, 0.25) is 5.02 Å². The maximum atomic E-state index is 12.7. The molecule has 1 saturated heterocycles. The van der Waals surface area contributed by atoms with Crippen LogP contribution in [0, 0.1) is 11.3 Å². The third kappa shape index (κ3) is 2.69. The number of hydrogen-bond acceptors (Lipinski definition) is 2. The molecule has 3 rings (SSSR count). The van der Waals surface area contributed by atoms with Crippen molar-refractivity contribution in [2.45, 2.75) is 32.2 Å². The van der Waals surface area contributed by atoms with Crippen LogP contribution in [0.3, 0.4) is 0 Å². The molecule has 2 fully saturated rings. The molecule has 4 heteroatoms. The minimum Gasteiger partial charge on any atom is -0.381 e. The molecule has 1 aliphatic carbocycles. The van der Waals surface area contributed by atoms with E-state index in [0.29, 0.717) is 0 Å². The smallest absolute Gasteiger partial charge is 0.226 e. The number of amides is 1. The molecule has 1 aromatic carbocycles. The maximum Gasteiger partial charge on any atom is 0.226 e. The van der Waals surface area contributed by atoms with Gasteiger partial charge < -0.3 is 9.64 Å². The van der Waals surface area contributed by atoms with Gasteiger partial charge in [0.1, 0.15) is 0 Å². The van der Waals surface area contributed by atoms with Crippen molar-refractivity contribution in [3.8, 4) is 0 Å². The van der Waals surface area contributed by atoms with E-state index in [1.165, 1.54) is 0 Å². The van der Waals surface area contributed by atoms with E-state index in [1.54, 1.807) is 0 Å². The van der Waals surface area contributed by atoms with Crippen LogP contribution >= 0.6 is 11.6 Å². The van der Waals surface area contributed by atoms with E-state index in [0.717, 1.165) is 43.1 Å². The fourth-order valence-corrected chi connectivity index (χ4v) is 3.78. The summed E-state index contributed by atoms with van der Waals surface area (Å²) in [6.07, 6.45) is 3.07. The number of nitrogens with zero attached hydrogens (tertiary/aromatic N) is 1. The Bertz CT molecular complexity index is 539. The molecule has 1 saturated carbocycles. The lowest BCUT2D eigenvalue weighted by Crippen LogP contribution is -2.33. The van der Waals surface area contributed by atoms with Gasteiger partial charge in [-0.3, -0.25) is 4.79 Å². The molecule has 1 aliphatic heterocycles. The van der Waals surface area contributed by atoms with Gasteiger partial charge in [0.05, 0.1) is 6.04 Å². The van der Waals surface area contributed by atoms with Gasteiger partial charge in [0.15, 0.2) is 0 Å². The van der Waals surface area contributed by atoms with Crippen LogP contribution in [0.15, 0.2) is 24.3 Å². The summed E-state index contributed by atoms with van der Waals surface area (Å²) in [5.74, 6) is 0.431. The van der Waals surface area contributed by atoms with E-state index < -0.39 is 0 Å². The molecule has 21 heavy (non-hydrogen) atoms. The van der Waals surface area contributed by atoms with Crippen molar-refractivity contribution in [2.24, 2.45) is 11.3 Å². The van der Waals surface area contributed by atoms with E-state index in [9.17, 15) is 4.79 Å². The van der Waals surface area contributed by atoms with Gasteiger partial charge in [-0.25, -0.2) is 0 Å². The molecule has 0 bridgehead atoms. The molecule has 1 heterocycles. The second-order valence-electron chi connectivity index (χ2n) is 6.38. The third-order valence-electron chi connectivity index (χ3n) is 5.26. The first-order chi connectivity index (χ1) is 10.1. The zero-order valence-corrected chi connectivity index (χ0v) is 13.4. The van der Waals surface area contributed by atoms with Gasteiger partial charge in [0.25, 0.3) is 0 Å². The van der Waals surface area contributed by atoms with Crippen LogP contribution in [-0.4, -0.2) is 31.1 Å². The number of halogens is 1. The van der Waals surface area contributed by atoms with Gasteiger partial charge in [-0.2, -0.15) is 0 Å². The zero-order chi connectivity index (χ0) is 15.0. The number of carbonyl (C=O) groups excluding carboxylic acids is 1. The molecule has 1 spiro atoms. The summed E-state index contributed by atoms with van der Waals surface area (Å²) in [5, 5.41) is 0.723. The SMILES string of the molecule is CC(c1ccccc1Cl)N(C)C(=O)C1CC12CCOCC2. The monoisotopic (exact) mass is 307 g/mol. The molecule has 1 aromatic rings. The maximum absolute atomic E-state index is 12.7. The van der Waals surface area contributed by atoms with E-state index in [1.807, 2.05) is 43.1 Å². The van der Waals surface area contributed by atoms with Crippen LogP contribution in [0.1, 0.15) is 37.8 Å². The topological polar surface area (TPSA) is 29.5 Å². The normalized spacial score (nSPS) is 24.6. The Morgan fingerprint density at radius 1 is 1.38 bits per heavy atom. The predicted molar refractivity (Wildman–Crippen MR) is 83.2 cm³/mol. The Labute approximate surface area is 131 Å². The van der Waals surface area contributed by atoms with Gasteiger partial charge in [-0.15, -0.1) is 0 Å². The predicted octanol–water partition coefficient (Wildman–Crippen LogP) is 3.68. The summed E-state index contributed by atoms with van der Waals surface area (Å²) < 4.78 is 5.42. The second-order valence-corrected chi connectivity index (χ2v) is 6.79. The Morgan fingerprint density at radius 2 is 2.05 bits per heavy atom. The van der Waals surface area contributed by atoms with Crippen LogP contribution in [0.4, 0.5) is 0 Å². The Balaban J connectivity index is 1.69. The zero-order valence-electron chi connectivity index (χ0n) is 12.6. The molecule has 2 aliphatic rings. The first-order valence-corrected chi connectivity index (χ1v) is 8.02. The van der Waals surface area contributed by atoms with Gasteiger partial charge in [0.2, 0.25) is 5.91 Å². The summed E-state index contributed by atoms with van der Waals surface area (Å²) >= 11 is 6.25. The average Bonchev–Trinajstić information content (AvgIpc) is 3.19. The van der Waals surface area contributed by atoms with Crippen LogP contribution in [0.25, 0.3) is 0 Å². The minimum absolute atomic E-state index is 0.00342. The molecule has 0 N–H and O–H groups in total. The first-order valence-electron chi connectivity index (χ1n) is 7.64. The fourth-order valence-electron chi connectivity index (χ4n) is 3.49. The highest BCUT2D eigenvalue weighted by atomic mass is 35.5. The highest BCUT2D eigenvalue weighted by Crippen LogP contribution is 2.60. The highest BCUT2D eigenvalue weighted by Gasteiger charge is 2.58. The number of rotatable bonds is 3. The number of hydrogen-bond donors (Lipinski definition) is 0.